The summed E-state index contributed by atoms with van der Waals surface area (Å²) >= 11 is 6.17. The van der Waals surface area contributed by atoms with E-state index >= 15 is 0 Å². The van der Waals surface area contributed by atoms with Gasteiger partial charge in [0.25, 0.3) is 5.91 Å². The Kier molecular flexibility index (Phi) is 3.84. The van der Waals surface area contributed by atoms with Gasteiger partial charge in [-0.2, -0.15) is 0 Å². The molecule has 1 heterocycles. The normalized spacial score (nSPS) is 14.2. The number of rotatable bonds is 3. The van der Waals surface area contributed by atoms with E-state index in [1.54, 1.807) is 0 Å². The standard InChI is InChI=1S/C17H17ClN2O/c1-11(14-4-2-3-5-15(14)18)20-17(21)13-6-7-16-12(10-13)8-9-19-16/h2-7,10-11,19H,8-9H2,1H3,(H,20,21)/t11-/m1/s1. The summed E-state index contributed by atoms with van der Waals surface area (Å²) in [7, 11) is 0. The molecule has 2 N–H and O–H groups in total. The quantitative estimate of drug-likeness (QED) is 0.905. The highest BCUT2D eigenvalue weighted by molar-refractivity contribution is 6.31. The lowest BCUT2D eigenvalue weighted by Gasteiger charge is -2.16. The molecule has 1 amide bonds. The number of amides is 1. The van der Waals surface area contributed by atoms with Gasteiger partial charge >= 0.3 is 0 Å². The van der Waals surface area contributed by atoms with E-state index in [1.165, 1.54) is 5.56 Å². The van der Waals surface area contributed by atoms with Gasteiger partial charge in [-0.15, -0.1) is 0 Å². The van der Waals surface area contributed by atoms with Crippen LogP contribution in [-0.2, 0) is 6.42 Å². The van der Waals surface area contributed by atoms with Gasteiger partial charge in [0.2, 0.25) is 0 Å². The third-order valence-electron chi connectivity index (χ3n) is 3.80. The minimum Gasteiger partial charge on any atom is -0.384 e. The average Bonchev–Trinajstić information content (AvgIpc) is 2.94. The molecule has 0 saturated carbocycles. The summed E-state index contributed by atoms with van der Waals surface area (Å²) in [6.07, 6.45) is 0.969. The topological polar surface area (TPSA) is 41.1 Å². The Labute approximate surface area is 129 Å². The maximum Gasteiger partial charge on any atom is 0.251 e. The molecule has 4 heteroatoms. The lowest BCUT2D eigenvalue weighted by Crippen LogP contribution is -2.26. The maximum atomic E-state index is 12.4. The molecule has 1 atom stereocenters. The Morgan fingerprint density at radius 3 is 2.90 bits per heavy atom. The molecular formula is C17H17ClN2O. The molecule has 0 spiro atoms. The third-order valence-corrected chi connectivity index (χ3v) is 4.14. The van der Waals surface area contributed by atoms with Gasteiger partial charge in [0.15, 0.2) is 0 Å². The first kappa shape index (κ1) is 14.0. The van der Waals surface area contributed by atoms with Crippen molar-refractivity contribution in [3.63, 3.8) is 0 Å². The fraction of sp³-hybridized carbons (Fsp3) is 0.235. The molecule has 0 saturated heterocycles. The van der Waals surface area contributed by atoms with Crippen molar-refractivity contribution < 1.29 is 4.79 Å². The molecule has 2 aromatic rings. The molecule has 108 valence electrons. The van der Waals surface area contributed by atoms with Gasteiger partial charge < -0.3 is 10.6 Å². The molecule has 21 heavy (non-hydrogen) atoms. The molecular weight excluding hydrogens is 284 g/mol. The molecule has 0 aliphatic carbocycles. The Morgan fingerprint density at radius 1 is 1.29 bits per heavy atom. The van der Waals surface area contributed by atoms with E-state index < -0.39 is 0 Å². The fourth-order valence-corrected chi connectivity index (χ4v) is 2.93. The van der Waals surface area contributed by atoms with Crippen molar-refractivity contribution in [3.05, 3.63) is 64.2 Å². The summed E-state index contributed by atoms with van der Waals surface area (Å²) in [5.74, 6) is -0.0721. The first-order valence-electron chi connectivity index (χ1n) is 7.07. The van der Waals surface area contributed by atoms with Crippen LogP contribution in [0, 0.1) is 0 Å². The Hall–Kier alpha value is -2.00. The highest BCUT2D eigenvalue weighted by atomic mass is 35.5. The molecule has 0 radical (unpaired) electrons. The van der Waals surface area contributed by atoms with Gasteiger partial charge in [0.05, 0.1) is 6.04 Å². The van der Waals surface area contributed by atoms with E-state index in [9.17, 15) is 4.79 Å². The van der Waals surface area contributed by atoms with Crippen molar-refractivity contribution >= 4 is 23.2 Å². The maximum absolute atomic E-state index is 12.4. The van der Waals surface area contributed by atoms with Crippen LogP contribution in [0.3, 0.4) is 0 Å². The zero-order chi connectivity index (χ0) is 14.8. The first-order valence-corrected chi connectivity index (χ1v) is 7.45. The van der Waals surface area contributed by atoms with Crippen LogP contribution >= 0.6 is 11.6 Å². The van der Waals surface area contributed by atoms with E-state index in [1.807, 2.05) is 49.4 Å². The zero-order valence-corrected chi connectivity index (χ0v) is 12.6. The molecule has 2 aromatic carbocycles. The molecule has 0 aromatic heterocycles. The van der Waals surface area contributed by atoms with E-state index in [-0.39, 0.29) is 11.9 Å². The molecule has 1 aliphatic rings. The van der Waals surface area contributed by atoms with Crippen LogP contribution in [-0.4, -0.2) is 12.5 Å². The van der Waals surface area contributed by atoms with Crippen molar-refractivity contribution in [1.82, 2.24) is 5.32 Å². The second-order valence-corrected chi connectivity index (χ2v) is 5.67. The van der Waals surface area contributed by atoms with Gasteiger partial charge in [0, 0.05) is 22.8 Å². The van der Waals surface area contributed by atoms with E-state index in [0.717, 1.165) is 24.2 Å². The summed E-state index contributed by atoms with van der Waals surface area (Å²) in [5.41, 5.74) is 3.95. The zero-order valence-electron chi connectivity index (χ0n) is 11.8. The molecule has 1 aliphatic heterocycles. The summed E-state index contributed by atoms with van der Waals surface area (Å²) in [6.45, 7) is 2.88. The number of anilines is 1. The van der Waals surface area contributed by atoms with Gasteiger partial charge in [0.1, 0.15) is 0 Å². The van der Waals surface area contributed by atoms with Crippen molar-refractivity contribution in [2.75, 3.05) is 11.9 Å². The minimum atomic E-state index is -0.127. The van der Waals surface area contributed by atoms with Gasteiger partial charge in [-0.05, 0) is 48.7 Å². The number of hydrogen-bond acceptors (Lipinski definition) is 2. The predicted molar refractivity (Wildman–Crippen MR) is 86.0 cm³/mol. The van der Waals surface area contributed by atoms with Crippen LogP contribution < -0.4 is 10.6 Å². The lowest BCUT2D eigenvalue weighted by molar-refractivity contribution is 0.0940. The minimum absolute atomic E-state index is 0.0721. The second kappa shape index (κ2) is 5.78. The van der Waals surface area contributed by atoms with Crippen molar-refractivity contribution in [3.8, 4) is 0 Å². The van der Waals surface area contributed by atoms with E-state index in [0.29, 0.717) is 10.6 Å². The summed E-state index contributed by atoms with van der Waals surface area (Å²) in [4.78, 5) is 12.4. The number of hydrogen-bond donors (Lipinski definition) is 2. The molecule has 0 unspecified atom stereocenters. The summed E-state index contributed by atoms with van der Waals surface area (Å²) in [5, 5.41) is 6.96. The lowest BCUT2D eigenvalue weighted by atomic mass is 10.1. The highest BCUT2D eigenvalue weighted by Crippen LogP contribution is 2.25. The van der Waals surface area contributed by atoms with Crippen molar-refractivity contribution in [2.24, 2.45) is 0 Å². The Morgan fingerprint density at radius 2 is 2.10 bits per heavy atom. The Bertz CT molecular complexity index is 684. The average molecular weight is 301 g/mol. The van der Waals surface area contributed by atoms with Gasteiger partial charge in [-0.1, -0.05) is 29.8 Å². The summed E-state index contributed by atoms with van der Waals surface area (Å²) < 4.78 is 0. The van der Waals surface area contributed by atoms with Crippen LogP contribution in [0.4, 0.5) is 5.69 Å². The van der Waals surface area contributed by atoms with Crippen molar-refractivity contribution in [2.45, 2.75) is 19.4 Å². The van der Waals surface area contributed by atoms with Crippen molar-refractivity contribution in [1.29, 1.82) is 0 Å². The number of nitrogens with one attached hydrogen (secondary N) is 2. The predicted octanol–water partition coefficient (Wildman–Crippen LogP) is 3.80. The molecule has 3 rings (SSSR count). The smallest absolute Gasteiger partial charge is 0.251 e. The highest BCUT2D eigenvalue weighted by Gasteiger charge is 2.16. The van der Waals surface area contributed by atoms with Crippen LogP contribution in [0.15, 0.2) is 42.5 Å². The number of halogens is 1. The van der Waals surface area contributed by atoms with Gasteiger partial charge in [-0.3, -0.25) is 4.79 Å². The monoisotopic (exact) mass is 300 g/mol. The van der Waals surface area contributed by atoms with Crippen LogP contribution in [0.2, 0.25) is 5.02 Å². The number of fused-ring (bicyclic) bond motifs is 1. The van der Waals surface area contributed by atoms with Gasteiger partial charge in [-0.25, -0.2) is 0 Å². The molecule has 3 nitrogen and oxygen atoms in total. The SMILES string of the molecule is C[C@@H](NC(=O)c1ccc2c(c1)CCN2)c1ccccc1Cl. The van der Waals surface area contributed by atoms with Crippen LogP contribution in [0.1, 0.15) is 34.5 Å². The van der Waals surface area contributed by atoms with E-state index in [2.05, 4.69) is 10.6 Å². The molecule has 0 bridgehead atoms. The third kappa shape index (κ3) is 2.88. The van der Waals surface area contributed by atoms with Crippen LogP contribution in [0.25, 0.3) is 0 Å². The number of carbonyl (C=O) groups is 1. The summed E-state index contributed by atoms with van der Waals surface area (Å²) in [6, 6.07) is 13.2. The number of carbonyl (C=O) groups excluding carboxylic acids is 1. The van der Waals surface area contributed by atoms with Crippen LogP contribution in [0.5, 0.6) is 0 Å². The second-order valence-electron chi connectivity index (χ2n) is 5.27. The first-order chi connectivity index (χ1) is 10.1. The van der Waals surface area contributed by atoms with E-state index in [4.69, 9.17) is 11.6 Å². The largest absolute Gasteiger partial charge is 0.384 e. The molecule has 0 fully saturated rings. The fourth-order valence-electron chi connectivity index (χ4n) is 2.63. The Balaban J connectivity index is 1.76. The number of benzene rings is 2.